The zero-order valence-corrected chi connectivity index (χ0v) is 18.1. The van der Waals surface area contributed by atoms with Crippen molar-refractivity contribution in [3.05, 3.63) is 91.2 Å². The van der Waals surface area contributed by atoms with Gasteiger partial charge >= 0.3 is 5.69 Å². The predicted molar refractivity (Wildman–Crippen MR) is 119 cm³/mol. The largest absolute Gasteiger partial charge is 0.508 e. The van der Waals surface area contributed by atoms with Crippen LogP contribution in [0.3, 0.4) is 0 Å². The predicted octanol–water partition coefficient (Wildman–Crippen LogP) is 2.81. The Morgan fingerprint density at radius 3 is 2.61 bits per heavy atom. The van der Waals surface area contributed by atoms with Gasteiger partial charge in [-0.2, -0.15) is 0 Å². The van der Waals surface area contributed by atoms with Crippen molar-refractivity contribution in [3.8, 4) is 17.6 Å². The molecule has 10 heteroatoms. The Morgan fingerprint density at radius 1 is 1.15 bits per heavy atom. The molecule has 33 heavy (non-hydrogen) atoms. The Balaban J connectivity index is 1.80. The molecule has 1 aromatic heterocycles. The molecule has 3 aromatic rings. The Morgan fingerprint density at radius 2 is 1.91 bits per heavy atom. The lowest BCUT2D eigenvalue weighted by Crippen LogP contribution is -2.40. The summed E-state index contributed by atoms with van der Waals surface area (Å²) in [6.07, 6.45) is -0.0447. The van der Waals surface area contributed by atoms with Crippen LogP contribution in [0.1, 0.15) is 17.5 Å². The maximum atomic E-state index is 13.3. The monoisotopic (exact) mass is 473 g/mol. The summed E-state index contributed by atoms with van der Waals surface area (Å²) in [4.78, 5) is 37.3. The van der Waals surface area contributed by atoms with Crippen molar-refractivity contribution in [1.29, 1.82) is 0 Å². The smallest absolute Gasteiger partial charge is 0.332 e. The van der Waals surface area contributed by atoms with Crippen LogP contribution < -0.4 is 16.6 Å². The van der Waals surface area contributed by atoms with E-state index in [1.807, 2.05) is 0 Å². The number of phenolic OH excluding ortho intramolecular Hbond substituents is 1. The molecular weight excluding hydrogens is 456 g/mol. The van der Waals surface area contributed by atoms with E-state index in [4.69, 9.17) is 11.6 Å². The number of aryl methyl sites for hydroxylation is 1. The fourth-order valence-corrected chi connectivity index (χ4v) is 3.20. The number of aromatic nitrogens is 2. The van der Waals surface area contributed by atoms with Crippen molar-refractivity contribution in [2.75, 3.05) is 5.32 Å². The number of nitrogens with zero attached hydrogens (tertiary/aromatic N) is 2. The van der Waals surface area contributed by atoms with Crippen LogP contribution in [0.5, 0.6) is 5.75 Å². The molecule has 0 aliphatic heterocycles. The first kappa shape index (κ1) is 23.8. The number of carbonyl (C=O) groups excluding carboxylic acids is 1. The van der Waals surface area contributed by atoms with Crippen molar-refractivity contribution in [1.82, 2.24) is 9.13 Å². The topological polar surface area (TPSA) is 93.3 Å². The molecule has 3 rings (SSSR count). The van der Waals surface area contributed by atoms with E-state index >= 15 is 0 Å². The summed E-state index contributed by atoms with van der Waals surface area (Å²) in [5.41, 5.74) is -0.920. The van der Waals surface area contributed by atoms with Crippen molar-refractivity contribution < 1.29 is 18.7 Å². The first-order valence-corrected chi connectivity index (χ1v) is 10.1. The highest BCUT2D eigenvalue weighted by molar-refractivity contribution is 6.32. The van der Waals surface area contributed by atoms with Gasteiger partial charge in [0.15, 0.2) is 11.6 Å². The van der Waals surface area contributed by atoms with Gasteiger partial charge in [0.2, 0.25) is 5.91 Å². The Bertz CT molecular complexity index is 1400. The minimum absolute atomic E-state index is 0.0347. The first-order chi connectivity index (χ1) is 15.7. The maximum absolute atomic E-state index is 13.3. The molecule has 0 unspecified atom stereocenters. The van der Waals surface area contributed by atoms with Crippen LogP contribution in [0.2, 0.25) is 5.15 Å². The van der Waals surface area contributed by atoms with Crippen molar-refractivity contribution in [3.63, 3.8) is 0 Å². The van der Waals surface area contributed by atoms with Crippen LogP contribution in [-0.4, -0.2) is 20.1 Å². The molecule has 0 bridgehead atoms. The van der Waals surface area contributed by atoms with Gasteiger partial charge in [-0.3, -0.25) is 18.7 Å². The third-order valence-corrected chi connectivity index (χ3v) is 5.08. The van der Waals surface area contributed by atoms with Crippen molar-refractivity contribution in [2.45, 2.75) is 19.4 Å². The van der Waals surface area contributed by atoms with Crippen LogP contribution in [-0.2, 0) is 24.8 Å². The lowest BCUT2D eigenvalue weighted by atomic mass is 10.1. The van der Waals surface area contributed by atoms with Gasteiger partial charge < -0.3 is 10.4 Å². The normalized spacial score (nSPS) is 10.4. The molecule has 0 aliphatic carbocycles. The maximum Gasteiger partial charge on any atom is 0.332 e. The number of anilines is 1. The average Bonchev–Trinajstić information content (AvgIpc) is 2.78. The standard InChI is InChI=1S/C23H18ClF2N3O4/c1-28-22(32)20(27-19(31)10-8-15-7-9-17(25)18(26)13-15)21(24)29(23(28)33)11-3-5-14-4-2-6-16(30)12-14/h2,4,6-7,9,12-13,30H,8,10-11H2,1H3,(H,27,31). The summed E-state index contributed by atoms with van der Waals surface area (Å²) in [5, 5.41) is 11.6. The molecule has 2 N–H and O–H groups in total. The number of rotatable bonds is 5. The number of phenols is 1. The second-order valence-electron chi connectivity index (χ2n) is 7.05. The first-order valence-electron chi connectivity index (χ1n) is 9.68. The van der Waals surface area contributed by atoms with Gasteiger partial charge in [0.25, 0.3) is 5.56 Å². The van der Waals surface area contributed by atoms with Gasteiger partial charge in [0.05, 0.1) is 6.54 Å². The zero-order chi connectivity index (χ0) is 24.1. The van der Waals surface area contributed by atoms with E-state index in [1.165, 1.54) is 25.2 Å². The van der Waals surface area contributed by atoms with Crippen LogP contribution in [0, 0.1) is 23.5 Å². The van der Waals surface area contributed by atoms with E-state index in [2.05, 4.69) is 17.2 Å². The van der Waals surface area contributed by atoms with Gasteiger partial charge in [-0.1, -0.05) is 35.6 Å². The Labute approximate surface area is 191 Å². The highest BCUT2D eigenvalue weighted by Gasteiger charge is 2.18. The molecule has 0 spiro atoms. The van der Waals surface area contributed by atoms with Gasteiger partial charge in [0, 0.05) is 19.0 Å². The minimum Gasteiger partial charge on any atom is -0.508 e. The Hall–Kier alpha value is -3.90. The minimum atomic E-state index is -1.02. The van der Waals surface area contributed by atoms with Crippen molar-refractivity contribution >= 4 is 23.2 Å². The Kier molecular flexibility index (Phi) is 7.30. The van der Waals surface area contributed by atoms with E-state index < -0.39 is 28.8 Å². The van der Waals surface area contributed by atoms with Gasteiger partial charge in [-0.25, -0.2) is 13.6 Å². The summed E-state index contributed by atoms with van der Waals surface area (Å²) >= 11 is 6.23. The van der Waals surface area contributed by atoms with E-state index in [0.29, 0.717) is 11.1 Å². The number of hydrogen-bond acceptors (Lipinski definition) is 4. The summed E-state index contributed by atoms with van der Waals surface area (Å²) in [6.45, 7) is -0.181. The highest BCUT2D eigenvalue weighted by atomic mass is 35.5. The summed E-state index contributed by atoms with van der Waals surface area (Å²) in [5.74, 6) is 2.92. The molecule has 0 fully saturated rings. The second-order valence-corrected chi connectivity index (χ2v) is 7.41. The molecule has 1 heterocycles. The molecule has 0 atom stereocenters. The zero-order valence-electron chi connectivity index (χ0n) is 17.4. The van der Waals surface area contributed by atoms with Gasteiger partial charge in [-0.15, -0.1) is 0 Å². The fourth-order valence-electron chi connectivity index (χ4n) is 2.94. The number of carbonyl (C=O) groups is 1. The third-order valence-electron chi connectivity index (χ3n) is 4.68. The number of aromatic hydroxyl groups is 1. The number of hydrogen-bond donors (Lipinski definition) is 2. The van der Waals surface area contributed by atoms with Crippen LogP contribution in [0.15, 0.2) is 52.1 Å². The molecule has 2 aromatic carbocycles. The van der Waals surface area contributed by atoms with E-state index in [-0.39, 0.29) is 36.0 Å². The molecule has 1 amide bonds. The molecule has 0 aliphatic rings. The molecule has 0 radical (unpaired) electrons. The molecular formula is C23H18ClF2N3O4. The highest BCUT2D eigenvalue weighted by Crippen LogP contribution is 2.17. The summed E-state index contributed by atoms with van der Waals surface area (Å²) in [7, 11) is 1.23. The van der Waals surface area contributed by atoms with Crippen LogP contribution in [0.4, 0.5) is 14.5 Å². The lowest BCUT2D eigenvalue weighted by molar-refractivity contribution is -0.116. The van der Waals surface area contributed by atoms with Crippen LogP contribution >= 0.6 is 11.6 Å². The van der Waals surface area contributed by atoms with Crippen LogP contribution in [0.25, 0.3) is 0 Å². The number of halogens is 3. The molecule has 170 valence electrons. The molecule has 0 saturated heterocycles. The number of nitrogens with one attached hydrogen (secondary N) is 1. The summed E-state index contributed by atoms with van der Waals surface area (Å²) in [6, 6.07) is 9.50. The number of amides is 1. The molecule has 7 nitrogen and oxygen atoms in total. The van der Waals surface area contributed by atoms with Gasteiger partial charge in [0.1, 0.15) is 16.6 Å². The second kappa shape index (κ2) is 10.1. The fraction of sp³-hybridized carbons (Fsp3) is 0.174. The summed E-state index contributed by atoms with van der Waals surface area (Å²) < 4.78 is 28.2. The van der Waals surface area contributed by atoms with E-state index in [9.17, 15) is 28.3 Å². The SMILES string of the molecule is Cn1c(=O)c(NC(=O)CCc2ccc(F)c(F)c2)c(Cl)n(CC#Cc2cccc(O)c2)c1=O. The van der Waals surface area contributed by atoms with E-state index in [0.717, 1.165) is 21.3 Å². The average molecular weight is 474 g/mol. The van der Waals surface area contributed by atoms with E-state index in [1.54, 1.807) is 12.1 Å². The lowest BCUT2D eigenvalue weighted by Gasteiger charge is -2.13. The third kappa shape index (κ3) is 5.67. The van der Waals surface area contributed by atoms with Crippen molar-refractivity contribution in [2.24, 2.45) is 7.05 Å². The molecule has 0 saturated carbocycles. The van der Waals surface area contributed by atoms with Gasteiger partial charge in [-0.05, 0) is 42.3 Å². The number of benzene rings is 2. The quantitative estimate of drug-likeness (QED) is 0.440.